The Morgan fingerprint density at radius 3 is 2.53 bits per heavy atom. The van der Waals surface area contributed by atoms with Gasteiger partial charge in [0.15, 0.2) is 28.8 Å². The third kappa shape index (κ3) is 6.27. The number of hydrogen-bond donors (Lipinski definition) is 1. The highest BCUT2D eigenvalue weighted by Gasteiger charge is 2.26. The molecule has 2 saturated heterocycles. The molecule has 1 atom stereocenters. The number of methoxy groups -OCH3 is 2. The number of ether oxygens (including phenoxy) is 3. The van der Waals surface area contributed by atoms with Gasteiger partial charge in [0.25, 0.3) is 0 Å². The van der Waals surface area contributed by atoms with Gasteiger partial charge in [-0.3, -0.25) is 14.1 Å². The summed E-state index contributed by atoms with van der Waals surface area (Å²) in [6.07, 6.45) is 7.29. The Morgan fingerprint density at radius 2 is 1.87 bits per heavy atom. The normalized spacial score (nSPS) is 17.2. The topological polar surface area (TPSA) is 106 Å². The number of nitrogens with zero attached hydrogens (tertiary/aromatic N) is 6. The van der Waals surface area contributed by atoms with Gasteiger partial charge >= 0.3 is 0 Å². The van der Waals surface area contributed by atoms with E-state index in [9.17, 15) is 4.79 Å². The Morgan fingerprint density at radius 1 is 1.11 bits per heavy atom. The van der Waals surface area contributed by atoms with E-state index in [1.807, 2.05) is 6.20 Å². The molecule has 2 aliphatic rings. The molecule has 1 N–H and O–H groups in total. The lowest BCUT2D eigenvalue weighted by Gasteiger charge is -2.34. The lowest BCUT2D eigenvalue weighted by molar-refractivity contribution is -0.127. The van der Waals surface area contributed by atoms with E-state index in [1.165, 1.54) is 26.4 Å². The summed E-state index contributed by atoms with van der Waals surface area (Å²) in [6, 6.07) is 2.84. The molecule has 0 bridgehead atoms. The zero-order chi connectivity index (χ0) is 31.5. The zero-order valence-corrected chi connectivity index (χ0v) is 25.5. The first-order valence-electron chi connectivity index (χ1n) is 15.1. The summed E-state index contributed by atoms with van der Waals surface area (Å²) in [6.45, 7) is 9.43. The van der Waals surface area contributed by atoms with E-state index in [0.717, 1.165) is 44.8 Å². The largest absolute Gasteiger partial charge is 0.494 e. The maximum atomic E-state index is 15.7. The number of anilines is 1. The van der Waals surface area contributed by atoms with E-state index in [1.54, 1.807) is 21.6 Å². The summed E-state index contributed by atoms with van der Waals surface area (Å²) in [5.74, 6) is -1.20. The van der Waals surface area contributed by atoms with Crippen LogP contribution >= 0.6 is 0 Å². The van der Waals surface area contributed by atoms with Gasteiger partial charge in [0, 0.05) is 74.7 Å². The van der Waals surface area contributed by atoms with Crippen molar-refractivity contribution in [2.45, 2.75) is 19.3 Å². The molecule has 0 aliphatic carbocycles. The number of aromatic nitrogens is 4. The molecule has 1 amide bonds. The second kappa shape index (κ2) is 13.3. The highest BCUT2D eigenvalue weighted by atomic mass is 19.1. The lowest BCUT2D eigenvalue weighted by Crippen LogP contribution is -2.48. The number of halogens is 2. The molecule has 238 valence electrons. The predicted octanol–water partition coefficient (Wildman–Crippen LogP) is 3.95. The van der Waals surface area contributed by atoms with Crippen LogP contribution in [-0.2, 0) is 16.0 Å². The van der Waals surface area contributed by atoms with E-state index < -0.39 is 11.6 Å². The van der Waals surface area contributed by atoms with E-state index >= 15 is 8.78 Å². The number of carbonyl (C=O) groups is 1. The van der Waals surface area contributed by atoms with Crippen LogP contribution in [0.15, 0.2) is 37.2 Å². The van der Waals surface area contributed by atoms with Crippen molar-refractivity contribution in [1.29, 1.82) is 0 Å². The van der Waals surface area contributed by atoms with Gasteiger partial charge in [-0.05, 0) is 37.9 Å². The van der Waals surface area contributed by atoms with Gasteiger partial charge in [0.05, 0.1) is 32.1 Å². The molecule has 1 aromatic carbocycles. The first-order chi connectivity index (χ1) is 21.9. The molecule has 0 radical (unpaired) electrons. The SMILES string of the molecule is C=CC(=O)N1CCN(CCCc2cn3c(n2)c(-c2c(F)c(OC)cc(OC)c2F)cc2cnc(NCC4CCOC4)nc23)CC1. The fourth-order valence-corrected chi connectivity index (χ4v) is 5.97. The Hall–Kier alpha value is -4.36. The van der Waals surface area contributed by atoms with E-state index in [-0.39, 0.29) is 28.5 Å². The first-order valence-corrected chi connectivity index (χ1v) is 15.1. The minimum absolute atomic E-state index is 0.0429. The monoisotopic (exact) mass is 621 g/mol. The number of amides is 1. The molecule has 0 saturated carbocycles. The van der Waals surface area contributed by atoms with Crippen LogP contribution in [0.4, 0.5) is 14.7 Å². The van der Waals surface area contributed by atoms with Crippen molar-refractivity contribution in [3.8, 4) is 22.6 Å². The van der Waals surface area contributed by atoms with E-state index in [4.69, 9.17) is 24.2 Å². The molecular formula is C32H37F2N7O4. The molecule has 13 heteroatoms. The molecule has 5 heterocycles. The van der Waals surface area contributed by atoms with Crippen molar-refractivity contribution in [1.82, 2.24) is 29.2 Å². The number of pyridine rings is 1. The van der Waals surface area contributed by atoms with Crippen molar-refractivity contribution >= 4 is 28.5 Å². The van der Waals surface area contributed by atoms with Gasteiger partial charge in [0.1, 0.15) is 5.65 Å². The van der Waals surface area contributed by atoms with Crippen LogP contribution in [-0.4, -0.2) is 102 Å². The summed E-state index contributed by atoms with van der Waals surface area (Å²) in [4.78, 5) is 30.2. The molecule has 3 aromatic heterocycles. The number of imidazole rings is 1. The van der Waals surface area contributed by atoms with Crippen LogP contribution < -0.4 is 14.8 Å². The number of aryl methyl sites for hydroxylation is 1. The fraction of sp³-hybridized carbons (Fsp3) is 0.438. The zero-order valence-electron chi connectivity index (χ0n) is 25.5. The van der Waals surface area contributed by atoms with Gasteiger partial charge < -0.3 is 24.4 Å². The molecule has 1 unspecified atom stereocenters. The van der Waals surface area contributed by atoms with E-state index in [0.29, 0.717) is 61.2 Å². The number of piperazine rings is 1. The molecule has 0 spiro atoms. The average Bonchev–Trinajstić information content (AvgIpc) is 3.75. The minimum atomic E-state index is -0.853. The maximum absolute atomic E-state index is 15.7. The Kier molecular flexibility index (Phi) is 9.08. The van der Waals surface area contributed by atoms with Crippen molar-refractivity contribution in [2.24, 2.45) is 5.92 Å². The molecule has 2 fully saturated rings. The van der Waals surface area contributed by atoms with Crippen LogP contribution in [0.2, 0.25) is 0 Å². The lowest BCUT2D eigenvalue weighted by atomic mass is 10.0. The van der Waals surface area contributed by atoms with Crippen molar-refractivity contribution in [2.75, 3.05) is 72.0 Å². The van der Waals surface area contributed by atoms with Crippen molar-refractivity contribution in [3.63, 3.8) is 0 Å². The van der Waals surface area contributed by atoms with Gasteiger partial charge in [-0.15, -0.1) is 0 Å². The van der Waals surface area contributed by atoms with Gasteiger partial charge in [-0.2, -0.15) is 4.98 Å². The second-order valence-electron chi connectivity index (χ2n) is 11.3. The summed E-state index contributed by atoms with van der Waals surface area (Å²) in [5, 5.41) is 3.89. The Balaban J connectivity index is 1.33. The number of fused-ring (bicyclic) bond motifs is 3. The van der Waals surface area contributed by atoms with Crippen LogP contribution in [0, 0.1) is 17.6 Å². The molecular weight excluding hydrogens is 584 g/mol. The summed E-state index contributed by atoms with van der Waals surface area (Å²) in [7, 11) is 2.64. The highest BCUT2D eigenvalue weighted by Crippen LogP contribution is 2.40. The van der Waals surface area contributed by atoms with Crippen LogP contribution in [0.1, 0.15) is 18.5 Å². The number of benzene rings is 1. The molecule has 4 aromatic rings. The number of rotatable bonds is 11. The second-order valence-corrected chi connectivity index (χ2v) is 11.3. The van der Waals surface area contributed by atoms with Crippen LogP contribution in [0.5, 0.6) is 11.5 Å². The predicted molar refractivity (Wildman–Crippen MR) is 166 cm³/mol. The minimum Gasteiger partial charge on any atom is -0.494 e. The number of hydrogen-bond acceptors (Lipinski definition) is 9. The van der Waals surface area contributed by atoms with Crippen LogP contribution in [0.25, 0.3) is 27.8 Å². The number of nitrogens with one attached hydrogen (secondary N) is 1. The molecule has 2 aliphatic heterocycles. The molecule has 6 rings (SSSR count). The standard InChI is InChI=1S/C32H37F2N7O4/c1-4-26(42)40-11-9-39(10-12-40)8-5-6-22-18-41-30-21(17-36-32(38-30)35-16-20-7-13-45-19-20)14-23(31(41)37-22)27-28(33)24(43-2)15-25(44-3)29(27)34/h4,14-15,17-18,20H,1,5-13,16,19H2,2-3H3,(H,35,36,38). The van der Waals surface area contributed by atoms with E-state index in [2.05, 4.69) is 21.8 Å². The van der Waals surface area contributed by atoms with Gasteiger partial charge in [0.2, 0.25) is 11.9 Å². The van der Waals surface area contributed by atoms with Gasteiger partial charge in [-0.25, -0.2) is 18.7 Å². The maximum Gasteiger partial charge on any atom is 0.246 e. The quantitative estimate of drug-likeness (QED) is 0.249. The molecule has 45 heavy (non-hydrogen) atoms. The smallest absolute Gasteiger partial charge is 0.246 e. The fourth-order valence-electron chi connectivity index (χ4n) is 5.97. The summed E-state index contributed by atoms with van der Waals surface area (Å²) < 4.78 is 49.2. The Labute approximate surface area is 259 Å². The summed E-state index contributed by atoms with van der Waals surface area (Å²) >= 11 is 0. The van der Waals surface area contributed by atoms with Crippen LogP contribution in [0.3, 0.4) is 0 Å². The van der Waals surface area contributed by atoms with Gasteiger partial charge in [-0.1, -0.05) is 6.58 Å². The number of carbonyl (C=O) groups excluding carboxylic acids is 1. The average molecular weight is 622 g/mol. The first kappa shape index (κ1) is 30.7. The van der Waals surface area contributed by atoms with Crippen molar-refractivity contribution in [3.05, 3.63) is 54.5 Å². The summed E-state index contributed by atoms with van der Waals surface area (Å²) in [5.41, 5.74) is 1.61. The molecule has 11 nitrogen and oxygen atoms in total. The van der Waals surface area contributed by atoms with Crippen molar-refractivity contribution < 1.29 is 27.8 Å². The third-order valence-corrected chi connectivity index (χ3v) is 8.50. The highest BCUT2D eigenvalue weighted by molar-refractivity contribution is 5.91. The Bertz CT molecular complexity index is 1690. The third-order valence-electron chi connectivity index (χ3n) is 8.50.